The van der Waals surface area contributed by atoms with Crippen molar-refractivity contribution >= 4 is 53.2 Å². The molecule has 0 amide bonds. The highest BCUT2D eigenvalue weighted by Gasteiger charge is 2.40. The number of alkyl halides is 1. The lowest BCUT2D eigenvalue weighted by atomic mass is 10.1. The van der Waals surface area contributed by atoms with E-state index in [1.165, 1.54) is 11.3 Å². The number of halogens is 2. The average Bonchev–Trinajstić information content (AvgIpc) is 2.84. The van der Waals surface area contributed by atoms with Crippen molar-refractivity contribution in [3.63, 3.8) is 0 Å². The van der Waals surface area contributed by atoms with Crippen LogP contribution in [0.25, 0.3) is 0 Å². The number of rotatable bonds is 3. The molecule has 1 fully saturated rings. The molecule has 1 saturated heterocycles. The molecule has 1 aromatic rings. The Kier molecular flexibility index (Phi) is 4.35. The zero-order chi connectivity index (χ0) is 12.6. The van der Waals surface area contributed by atoms with Crippen LogP contribution in [0, 0.1) is 5.92 Å². The van der Waals surface area contributed by atoms with Gasteiger partial charge in [0.25, 0.3) is 10.0 Å². The summed E-state index contributed by atoms with van der Waals surface area (Å²) in [6, 6.07) is 1.84. The molecular weight excluding hydrogens is 390 g/mol. The molecule has 2 heterocycles. The molecule has 0 aromatic carbocycles. The Bertz CT molecular complexity index is 500. The fraction of sp³-hybridized carbons (Fsp3) is 0.600. The van der Waals surface area contributed by atoms with Crippen LogP contribution in [-0.2, 0) is 10.0 Å². The molecule has 3 nitrogen and oxygen atoms in total. The van der Waals surface area contributed by atoms with Crippen molar-refractivity contribution in [1.82, 2.24) is 4.31 Å². The van der Waals surface area contributed by atoms with Crippen LogP contribution in [0.1, 0.15) is 13.3 Å². The first-order chi connectivity index (χ1) is 7.98. The van der Waals surface area contributed by atoms with Crippen molar-refractivity contribution in [2.75, 3.05) is 11.9 Å². The van der Waals surface area contributed by atoms with Gasteiger partial charge in [0.1, 0.15) is 4.21 Å². The van der Waals surface area contributed by atoms with Gasteiger partial charge in [-0.1, -0.05) is 22.9 Å². The highest BCUT2D eigenvalue weighted by molar-refractivity contribution is 9.10. The van der Waals surface area contributed by atoms with Gasteiger partial charge in [0.2, 0.25) is 0 Å². The van der Waals surface area contributed by atoms with Crippen molar-refractivity contribution in [1.29, 1.82) is 0 Å². The van der Waals surface area contributed by atoms with Gasteiger partial charge >= 0.3 is 0 Å². The molecule has 0 bridgehead atoms. The van der Waals surface area contributed by atoms with Gasteiger partial charge in [0, 0.05) is 22.4 Å². The lowest BCUT2D eigenvalue weighted by Gasteiger charge is -2.24. The van der Waals surface area contributed by atoms with E-state index in [1.807, 2.05) is 0 Å². The molecule has 2 rings (SSSR count). The van der Waals surface area contributed by atoms with Crippen LogP contribution in [0.15, 0.2) is 20.1 Å². The van der Waals surface area contributed by atoms with Gasteiger partial charge in [0.05, 0.1) is 0 Å². The summed E-state index contributed by atoms with van der Waals surface area (Å²) in [4.78, 5) is 0. The second-order valence-electron chi connectivity index (χ2n) is 4.16. The minimum absolute atomic E-state index is 0.0639. The predicted octanol–water partition coefficient (Wildman–Crippen LogP) is 3.30. The van der Waals surface area contributed by atoms with E-state index in [2.05, 4.69) is 38.8 Å². The van der Waals surface area contributed by atoms with Crippen molar-refractivity contribution in [2.24, 2.45) is 5.92 Å². The van der Waals surface area contributed by atoms with Gasteiger partial charge in [-0.3, -0.25) is 0 Å². The minimum Gasteiger partial charge on any atom is -0.206 e. The van der Waals surface area contributed by atoms with Gasteiger partial charge in [-0.05, 0) is 39.7 Å². The molecule has 0 N–H and O–H groups in total. The summed E-state index contributed by atoms with van der Waals surface area (Å²) in [6.45, 7) is 2.72. The van der Waals surface area contributed by atoms with Crippen LogP contribution in [-0.4, -0.2) is 30.6 Å². The van der Waals surface area contributed by atoms with Crippen molar-refractivity contribution < 1.29 is 8.42 Å². The van der Waals surface area contributed by atoms with Gasteiger partial charge in [-0.25, -0.2) is 8.42 Å². The largest absolute Gasteiger partial charge is 0.253 e. The maximum atomic E-state index is 12.5. The maximum Gasteiger partial charge on any atom is 0.253 e. The first-order valence-electron chi connectivity index (χ1n) is 5.29. The van der Waals surface area contributed by atoms with Crippen molar-refractivity contribution in [3.8, 4) is 0 Å². The zero-order valence-electron chi connectivity index (χ0n) is 9.27. The average molecular weight is 403 g/mol. The highest BCUT2D eigenvalue weighted by atomic mass is 79.9. The molecule has 1 aromatic heterocycles. The molecule has 2 unspecified atom stereocenters. The summed E-state index contributed by atoms with van der Waals surface area (Å²) in [5.74, 6) is 0.405. The quantitative estimate of drug-likeness (QED) is 0.727. The Morgan fingerprint density at radius 2 is 2.29 bits per heavy atom. The first kappa shape index (κ1) is 14.0. The SMILES string of the molecule is CC1CCN(S(=O)(=O)c2sccc2Br)C1CBr. The molecular formula is C10H13Br2NO2S2. The van der Waals surface area contributed by atoms with Crippen LogP contribution in [0.3, 0.4) is 0 Å². The summed E-state index contributed by atoms with van der Waals surface area (Å²) in [5.41, 5.74) is 0. The van der Waals surface area contributed by atoms with Crippen LogP contribution in [0.5, 0.6) is 0 Å². The standard InChI is InChI=1S/C10H13Br2NO2S2/c1-7-2-4-13(9(7)6-11)17(14,15)10-8(12)3-5-16-10/h3,5,7,9H,2,4,6H2,1H3. The summed E-state index contributed by atoms with van der Waals surface area (Å²) < 4.78 is 27.7. The monoisotopic (exact) mass is 401 g/mol. The van der Waals surface area contributed by atoms with E-state index in [4.69, 9.17) is 0 Å². The summed E-state index contributed by atoms with van der Waals surface area (Å²) >= 11 is 7.98. The molecule has 1 aliphatic heterocycles. The molecule has 0 aliphatic carbocycles. The fourth-order valence-electron chi connectivity index (χ4n) is 2.07. The van der Waals surface area contributed by atoms with Crippen LogP contribution in [0.2, 0.25) is 0 Å². The highest BCUT2D eigenvalue weighted by Crippen LogP contribution is 2.36. The Morgan fingerprint density at radius 3 is 2.82 bits per heavy atom. The molecule has 17 heavy (non-hydrogen) atoms. The molecule has 2 atom stereocenters. The Balaban J connectivity index is 2.37. The normalized spacial score (nSPS) is 26.5. The van der Waals surface area contributed by atoms with E-state index in [-0.39, 0.29) is 6.04 Å². The van der Waals surface area contributed by atoms with E-state index in [9.17, 15) is 8.42 Å². The van der Waals surface area contributed by atoms with Crippen molar-refractivity contribution in [2.45, 2.75) is 23.6 Å². The number of thiophene rings is 1. The Hall–Kier alpha value is 0.570. The molecule has 96 valence electrons. The van der Waals surface area contributed by atoms with Gasteiger partial charge in [0.15, 0.2) is 0 Å². The first-order valence-corrected chi connectivity index (χ1v) is 9.52. The summed E-state index contributed by atoms with van der Waals surface area (Å²) in [6.07, 6.45) is 0.929. The molecule has 1 aliphatic rings. The van der Waals surface area contributed by atoms with Gasteiger partial charge in [-0.15, -0.1) is 11.3 Å². The molecule has 0 radical (unpaired) electrons. The zero-order valence-corrected chi connectivity index (χ0v) is 14.1. The van der Waals surface area contributed by atoms with E-state index in [0.717, 1.165) is 6.42 Å². The van der Waals surface area contributed by atoms with E-state index in [0.29, 0.717) is 26.5 Å². The van der Waals surface area contributed by atoms with Gasteiger partial charge in [-0.2, -0.15) is 4.31 Å². The number of nitrogens with zero attached hydrogens (tertiary/aromatic N) is 1. The topological polar surface area (TPSA) is 37.4 Å². The second-order valence-corrected chi connectivity index (χ2v) is 8.66. The second kappa shape index (κ2) is 5.28. The third-order valence-electron chi connectivity index (χ3n) is 3.12. The summed E-state index contributed by atoms with van der Waals surface area (Å²) in [5, 5.41) is 2.48. The fourth-order valence-corrected chi connectivity index (χ4v) is 7.41. The number of sulfonamides is 1. The van der Waals surface area contributed by atoms with Crippen molar-refractivity contribution in [3.05, 3.63) is 15.9 Å². The molecule has 7 heteroatoms. The predicted molar refractivity (Wildman–Crippen MR) is 77.3 cm³/mol. The van der Waals surface area contributed by atoms with E-state index in [1.54, 1.807) is 15.8 Å². The molecule has 0 spiro atoms. The smallest absolute Gasteiger partial charge is 0.206 e. The van der Waals surface area contributed by atoms with Crippen LogP contribution >= 0.6 is 43.2 Å². The van der Waals surface area contributed by atoms with Gasteiger partial charge < -0.3 is 0 Å². The molecule has 0 saturated carbocycles. The Labute approximate surface area is 123 Å². The van der Waals surface area contributed by atoms with E-state index >= 15 is 0 Å². The Morgan fingerprint density at radius 1 is 1.59 bits per heavy atom. The van der Waals surface area contributed by atoms with Crippen LogP contribution < -0.4 is 0 Å². The third kappa shape index (κ3) is 2.49. The maximum absolute atomic E-state index is 12.5. The number of hydrogen-bond acceptors (Lipinski definition) is 3. The lowest BCUT2D eigenvalue weighted by Crippen LogP contribution is -2.38. The minimum atomic E-state index is -3.35. The summed E-state index contributed by atoms with van der Waals surface area (Å²) in [7, 11) is -3.35. The number of hydrogen-bond donors (Lipinski definition) is 0. The van der Waals surface area contributed by atoms with E-state index < -0.39 is 10.0 Å². The third-order valence-corrected chi connectivity index (χ3v) is 8.35. The lowest BCUT2D eigenvalue weighted by molar-refractivity contribution is 0.379. The van der Waals surface area contributed by atoms with Crippen LogP contribution in [0.4, 0.5) is 0 Å².